The Morgan fingerprint density at radius 1 is 1.64 bits per heavy atom. The van der Waals surface area contributed by atoms with Crippen LogP contribution in [0.25, 0.3) is 0 Å². The van der Waals surface area contributed by atoms with Crippen LogP contribution in [0.15, 0.2) is 15.9 Å². The van der Waals surface area contributed by atoms with Crippen molar-refractivity contribution in [2.75, 3.05) is 6.54 Å². The van der Waals surface area contributed by atoms with E-state index in [-0.39, 0.29) is 0 Å². The van der Waals surface area contributed by atoms with E-state index in [1.54, 1.807) is 0 Å². The maximum Gasteiger partial charge on any atom is 0.0443 e. The van der Waals surface area contributed by atoms with Crippen LogP contribution in [0.5, 0.6) is 0 Å². The Kier molecular flexibility index (Phi) is 3.63. The molecule has 1 aromatic rings. The maximum atomic E-state index is 3.65. The van der Waals surface area contributed by atoms with Crippen molar-refractivity contribution in [1.29, 1.82) is 0 Å². The number of rotatable bonds is 5. The lowest BCUT2D eigenvalue weighted by atomic mass is 10.1. The van der Waals surface area contributed by atoms with Gasteiger partial charge in [0.1, 0.15) is 0 Å². The highest BCUT2D eigenvalue weighted by atomic mass is 79.9. The van der Waals surface area contributed by atoms with Crippen molar-refractivity contribution < 1.29 is 0 Å². The Hall–Kier alpha value is 0.140. The van der Waals surface area contributed by atoms with Gasteiger partial charge in [0.25, 0.3) is 0 Å². The van der Waals surface area contributed by atoms with E-state index in [9.17, 15) is 0 Å². The normalized spacial score (nSPS) is 18.4. The van der Waals surface area contributed by atoms with Gasteiger partial charge in [-0.3, -0.25) is 0 Å². The first-order valence-electron chi connectivity index (χ1n) is 5.28. The third-order valence-electron chi connectivity index (χ3n) is 2.60. The molecule has 1 fully saturated rings. The SMILES string of the molecule is CCCNC(c1cc(Br)cs1)C1CC1. The molecule has 0 saturated heterocycles. The summed E-state index contributed by atoms with van der Waals surface area (Å²) in [7, 11) is 0. The molecule has 1 saturated carbocycles. The second-order valence-corrected chi connectivity index (χ2v) is 5.80. The summed E-state index contributed by atoms with van der Waals surface area (Å²) in [6.45, 7) is 3.36. The predicted molar refractivity (Wildman–Crippen MR) is 65.8 cm³/mol. The lowest BCUT2D eigenvalue weighted by Gasteiger charge is -2.15. The van der Waals surface area contributed by atoms with E-state index < -0.39 is 0 Å². The smallest absolute Gasteiger partial charge is 0.0443 e. The number of halogens is 1. The molecule has 14 heavy (non-hydrogen) atoms. The van der Waals surface area contributed by atoms with Gasteiger partial charge in [0.05, 0.1) is 0 Å². The fourth-order valence-corrected chi connectivity index (χ4v) is 3.33. The molecular formula is C11H16BrNS. The molecule has 1 unspecified atom stereocenters. The second-order valence-electron chi connectivity index (χ2n) is 3.94. The third kappa shape index (κ3) is 2.59. The molecule has 1 aliphatic carbocycles. The van der Waals surface area contributed by atoms with Gasteiger partial charge in [0, 0.05) is 20.8 Å². The largest absolute Gasteiger partial charge is 0.309 e. The first-order valence-corrected chi connectivity index (χ1v) is 6.96. The van der Waals surface area contributed by atoms with Gasteiger partial charge in [-0.25, -0.2) is 0 Å². The topological polar surface area (TPSA) is 12.0 Å². The molecule has 0 aliphatic heterocycles. The van der Waals surface area contributed by atoms with Crippen LogP contribution in [-0.2, 0) is 0 Å². The Morgan fingerprint density at radius 3 is 2.93 bits per heavy atom. The monoisotopic (exact) mass is 273 g/mol. The van der Waals surface area contributed by atoms with Gasteiger partial charge < -0.3 is 5.32 Å². The highest BCUT2D eigenvalue weighted by molar-refractivity contribution is 9.10. The molecule has 0 aromatic carbocycles. The average molecular weight is 274 g/mol. The van der Waals surface area contributed by atoms with Crippen LogP contribution in [0.4, 0.5) is 0 Å². The minimum atomic E-state index is 0.617. The second kappa shape index (κ2) is 4.77. The number of thiophene rings is 1. The van der Waals surface area contributed by atoms with Crippen LogP contribution in [0.1, 0.15) is 37.1 Å². The maximum absolute atomic E-state index is 3.65. The van der Waals surface area contributed by atoms with Gasteiger partial charge in [-0.2, -0.15) is 0 Å². The van der Waals surface area contributed by atoms with Crippen LogP contribution < -0.4 is 5.32 Å². The lowest BCUT2D eigenvalue weighted by Crippen LogP contribution is -2.22. The van der Waals surface area contributed by atoms with Crippen LogP contribution in [0, 0.1) is 5.92 Å². The molecule has 0 bridgehead atoms. The molecule has 1 heterocycles. The standard InChI is InChI=1S/C11H16BrNS/c1-2-5-13-11(8-3-4-8)10-6-9(12)7-14-10/h6-8,11,13H,2-5H2,1H3. The van der Waals surface area contributed by atoms with Crippen molar-refractivity contribution >= 4 is 27.3 Å². The molecule has 1 aromatic heterocycles. The number of hydrogen-bond donors (Lipinski definition) is 1. The Bertz CT molecular complexity index is 293. The number of hydrogen-bond acceptors (Lipinski definition) is 2. The summed E-state index contributed by atoms with van der Waals surface area (Å²) in [4.78, 5) is 1.49. The van der Waals surface area contributed by atoms with Crippen molar-refractivity contribution in [2.24, 2.45) is 5.92 Å². The molecule has 2 rings (SSSR count). The van der Waals surface area contributed by atoms with Crippen molar-refractivity contribution in [3.05, 3.63) is 20.8 Å². The molecule has 1 atom stereocenters. The van der Waals surface area contributed by atoms with Crippen LogP contribution in [0.2, 0.25) is 0 Å². The summed E-state index contributed by atoms with van der Waals surface area (Å²) in [5.74, 6) is 0.895. The van der Waals surface area contributed by atoms with E-state index in [2.05, 4.69) is 39.6 Å². The molecule has 1 nitrogen and oxygen atoms in total. The van der Waals surface area contributed by atoms with E-state index in [1.807, 2.05) is 11.3 Å². The van der Waals surface area contributed by atoms with Gasteiger partial charge >= 0.3 is 0 Å². The Labute approximate surface area is 98.0 Å². The number of nitrogens with one attached hydrogen (secondary N) is 1. The molecule has 0 spiro atoms. The molecule has 0 amide bonds. The van der Waals surface area contributed by atoms with Crippen molar-refractivity contribution in [2.45, 2.75) is 32.2 Å². The molecule has 1 aliphatic rings. The van der Waals surface area contributed by atoms with Gasteiger partial charge in [-0.15, -0.1) is 11.3 Å². The zero-order chi connectivity index (χ0) is 9.97. The lowest BCUT2D eigenvalue weighted by molar-refractivity contribution is 0.488. The molecule has 0 radical (unpaired) electrons. The van der Waals surface area contributed by atoms with E-state index >= 15 is 0 Å². The predicted octanol–water partition coefficient (Wildman–Crippen LogP) is 3.96. The highest BCUT2D eigenvalue weighted by Gasteiger charge is 2.32. The van der Waals surface area contributed by atoms with Crippen molar-refractivity contribution in [1.82, 2.24) is 5.32 Å². The van der Waals surface area contributed by atoms with Gasteiger partial charge in [0.15, 0.2) is 0 Å². The first kappa shape index (κ1) is 10.7. The Balaban J connectivity index is 2.02. The minimum absolute atomic E-state index is 0.617. The average Bonchev–Trinajstić information content (AvgIpc) is 2.91. The zero-order valence-corrected chi connectivity index (χ0v) is 10.8. The first-order chi connectivity index (χ1) is 6.81. The van der Waals surface area contributed by atoms with Crippen LogP contribution >= 0.6 is 27.3 Å². The summed E-state index contributed by atoms with van der Waals surface area (Å²) >= 11 is 5.39. The van der Waals surface area contributed by atoms with Crippen molar-refractivity contribution in [3.63, 3.8) is 0 Å². The zero-order valence-electron chi connectivity index (χ0n) is 8.42. The van der Waals surface area contributed by atoms with Gasteiger partial charge in [-0.1, -0.05) is 6.92 Å². The van der Waals surface area contributed by atoms with Gasteiger partial charge in [-0.05, 0) is 53.7 Å². The summed E-state index contributed by atoms with van der Waals surface area (Å²) in [5, 5.41) is 5.83. The fraction of sp³-hybridized carbons (Fsp3) is 0.636. The summed E-state index contributed by atoms with van der Waals surface area (Å²) < 4.78 is 1.22. The van der Waals surface area contributed by atoms with Gasteiger partial charge in [0.2, 0.25) is 0 Å². The molecule has 1 N–H and O–H groups in total. The minimum Gasteiger partial charge on any atom is -0.309 e. The van der Waals surface area contributed by atoms with E-state index in [1.165, 1.54) is 28.6 Å². The summed E-state index contributed by atoms with van der Waals surface area (Å²) in [6, 6.07) is 2.88. The molecule has 78 valence electrons. The van der Waals surface area contributed by atoms with Crippen LogP contribution in [-0.4, -0.2) is 6.54 Å². The molecular weight excluding hydrogens is 258 g/mol. The summed E-state index contributed by atoms with van der Waals surface area (Å²) in [6.07, 6.45) is 4.02. The Morgan fingerprint density at radius 2 is 2.43 bits per heavy atom. The fourth-order valence-electron chi connectivity index (χ4n) is 1.72. The van der Waals surface area contributed by atoms with Crippen molar-refractivity contribution in [3.8, 4) is 0 Å². The summed E-state index contributed by atoms with van der Waals surface area (Å²) in [5.41, 5.74) is 0. The highest BCUT2D eigenvalue weighted by Crippen LogP contribution is 2.43. The van der Waals surface area contributed by atoms with E-state index in [0.717, 1.165) is 12.5 Å². The molecule has 3 heteroatoms. The van der Waals surface area contributed by atoms with Crippen LogP contribution in [0.3, 0.4) is 0 Å². The van der Waals surface area contributed by atoms with E-state index in [4.69, 9.17) is 0 Å². The van der Waals surface area contributed by atoms with E-state index in [0.29, 0.717) is 6.04 Å². The third-order valence-corrected chi connectivity index (χ3v) is 4.38. The quantitative estimate of drug-likeness (QED) is 0.857.